The van der Waals surface area contributed by atoms with Crippen molar-refractivity contribution in [3.8, 4) is 5.69 Å². The molecule has 1 aromatic heterocycles. The molecule has 2 saturated heterocycles. The molecular weight excluding hydrogens is 421 g/mol. The second-order valence-electron chi connectivity index (χ2n) is 7.55. The molecule has 1 spiro atoms. The SMILES string of the molecule is C[C@H]1COC2(CCN(S(=O)(=O)c3cc(-[n+]4ccccc4)cc(C(F)(F)F)c3)CC2)O1. The van der Waals surface area contributed by atoms with E-state index in [9.17, 15) is 21.6 Å². The lowest BCUT2D eigenvalue weighted by atomic mass is 10.1. The molecule has 30 heavy (non-hydrogen) atoms. The summed E-state index contributed by atoms with van der Waals surface area (Å²) in [6.07, 6.45) is -0.963. The standard InChI is InChI=1S/C20H22F3N2O4S/c1-15-14-28-19(29-15)5-9-25(10-6-19)30(26,27)18-12-16(20(21,22)23)11-17(13-18)24-7-3-2-4-8-24/h2-4,7-8,11-13,15H,5-6,9-10,14H2,1H3/q+1/t15-/m0/s1. The predicted molar refractivity (Wildman–Crippen MR) is 100 cm³/mol. The van der Waals surface area contributed by atoms with Crippen molar-refractivity contribution >= 4 is 10.0 Å². The summed E-state index contributed by atoms with van der Waals surface area (Å²) in [7, 11) is -4.13. The van der Waals surface area contributed by atoms with Crippen LogP contribution < -0.4 is 4.57 Å². The van der Waals surface area contributed by atoms with Gasteiger partial charge in [-0.25, -0.2) is 8.42 Å². The Balaban J connectivity index is 1.67. The Morgan fingerprint density at radius 2 is 1.77 bits per heavy atom. The third-order valence-corrected chi connectivity index (χ3v) is 7.23. The van der Waals surface area contributed by atoms with Crippen LogP contribution in [0.2, 0.25) is 0 Å². The maximum Gasteiger partial charge on any atom is 0.416 e. The fraction of sp³-hybridized carbons (Fsp3) is 0.450. The first-order valence-electron chi connectivity index (χ1n) is 9.60. The van der Waals surface area contributed by atoms with Crippen molar-refractivity contribution in [2.75, 3.05) is 19.7 Å². The zero-order valence-corrected chi connectivity index (χ0v) is 17.1. The van der Waals surface area contributed by atoms with E-state index in [0.29, 0.717) is 25.5 Å². The van der Waals surface area contributed by atoms with Crippen LogP contribution in [0.4, 0.5) is 13.2 Å². The number of piperidine rings is 1. The van der Waals surface area contributed by atoms with Crippen LogP contribution in [0.5, 0.6) is 0 Å². The van der Waals surface area contributed by atoms with Crippen LogP contribution in [0.1, 0.15) is 25.3 Å². The second kappa shape index (κ2) is 7.60. The Kier molecular flexibility index (Phi) is 5.38. The van der Waals surface area contributed by atoms with Crippen molar-refractivity contribution in [1.29, 1.82) is 0 Å². The van der Waals surface area contributed by atoms with E-state index in [1.54, 1.807) is 30.6 Å². The summed E-state index contributed by atoms with van der Waals surface area (Å²) in [5.74, 6) is -0.801. The Labute approximate surface area is 172 Å². The molecule has 2 fully saturated rings. The van der Waals surface area contributed by atoms with Crippen molar-refractivity contribution in [2.24, 2.45) is 0 Å². The van der Waals surface area contributed by atoms with Crippen LogP contribution >= 0.6 is 0 Å². The number of sulfonamides is 1. The maximum absolute atomic E-state index is 13.5. The normalized spacial score (nSPS) is 22.5. The molecule has 0 unspecified atom stereocenters. The second-order valence-corrected chi connectivity index (χ2v) is 9.49. The summed E-state index contributed by atoms with van der Waals surface area (Å²) >= 11 is 0. The number of rotatable bonds is 3. The van der Waals surface area contributed by atoms with E-state index in [2.05, 4.69) is 0 Å². The van der Waals surface area contributed by atoms with E-state index in [1.807, 2.05) is 6.92 Å². The zero-order chi connectivity index (χ0) is 21.6. The van der Waals surface area contributed by atoms with Gasteiger partial charge in [-0.15, -0.1) is 0 Å². The summed E-state index contributed by atoms with van der Waals surface area (Å²) in [4.78, 5) is -0.388. The van der Waals surface area contributed by atoms with Crippen molar-refractivity contribution < 1.29 is 35.6 Å². The molecular formula is C20H22F3N2O4S+. The quantitative estimate of drug-likeness (QED) is 0.685. The topological polar surface area (TPSA) is 59.7 Å². The molecule has 4 rings (SSSR count). The zero-order valence-electron chi connectivity index (χ0n) is 16.3. The third-order valence-electron chi connectivity index (χ3n) is 5.35. The van der Waals surface area contributed by atoms with E-state index < -0.39 is 27.6 Å². The molecule has 3 heterocycles. The van der Waals surface area contributed by atoms with Gasteiger partial charge in [-0.1, -0.05) is 6.07 Å². The molecule has 0 aliphatic carbocycles. The number of pyridine rings is 1. The van der Waals surface area contributed by atoms with Crippen LogP contribution in [-0.2, 0) is 25.7 Å². The van der Waals surface area contributed by atoms with E-state index >= 15 is 0 Å². The molecule has 0 amide bonds. The highest BCUT2D eigenvalue weighted by molar-refractivity contribution is 7.89. The van der Waals surface area contributed by atoms with Gasteiger partial charge in [0.1, 0.15) is 0 Å². The van der Waals surface area contributed by atoms with Gasteiger partial charge in [0.25, 0.3) is 0 Å². The number of hydrogen-bond acceptors (Lipinski definition) is 4. The minimum absolute atomic E-state index is 0.0675. The van der Waals surface area contributed by atoms with Crippen molar-refractivity contribution in [2.45, 2.75) is 42.7 Å². The molecule has 0 radical (unpaired) electrons. The van der Waals surface area contributed by atoms with Gasteiger partial charge in [0.05, 0.1) is 23.2 Å². The van der Waals surface area contributed by atoms with E-state index in [4.69, 9.17) is 9.47 Å². The highest BCUT2D eigenvalue weighted by Crippen LogP contribution is 2.37. The number of alkyl halides is 3. The van der Waals surface area contributed by atoms with Gasteiger partial charge in [0.15, 0.2) is 18.2 Å². The van der Waals surface area contributed by atoms with Crippen molar-refractivity contribution in [3.63, 3.8) is 0 Å². The van der Waals surface area contributed by atoms with Gasteiger partial charge in [-0.2, -0.15) is 22.0 Å². The summed E-state index contributed by atoms with van der Waals surface area (Å²) in [6.45, 7) is 2.54. The Morgan fingerprint density at radius 3 is 2.33 bits per heavy atom. The van der Waals surface area contributed by atoms with E-state index in [1.165, 1.54) is 14.9 Å². The lowest BCUT2D eigenvalue weighted by Gasteiger charge is -2.37. The molecule has 0 saturated carbocycles. The van der Waals surface area contributed by atoms with Gasteiger partial charge in [0.2, 0.25) is 15.7 Å². The lowest BCUT2D eigenvalue weighted by molar-refractivity contribution is -0.596. The van der Waals surface area contributed by atoms with Crippen LogP contribution in [-0.4, -0.2) is 44.3 Å². The average Bonchev–Trinajstić information content (AvgIpc) is 3.08. The summed E-state index contributed by atoms with van der Waals surface area (Å²) in [5.41, 5.74) is -0.895. The Morgan fingerprint density at radius 1 is 1.10 bits per heavy atom. The predicted octanol–water partition coefficient (Wildman–Crippen LogP) is 2.90. The first-order chi connectivity index (χ1) is 14.1. The first kappa shape index (κ1) is 21.2. The molecule has 10 heteroatoms. The van der Waals surface area contributed by atoms with Crippen LogP contribution in [0.25, 0.3) is 5.69 Å². The van der Waals surface area contributed by atoms with Crippen molar-refractivity contribution in [3.05, 3.63) is 54.4 Å². The van der Waals surface area contributed by atoms with Gasteiger partial charge in [-0.05, 0) is 13.0 Å². The largest absolute Gasteiger partial charge is 0.416 e. The van der Waals surface area contributed by atoms with Gasteiger partial charge < -0.3 is 9.47 Å². The molecule has 1 atom stereocenters. The molecule has 2 aliphatic heterocycles. The highest BCUT2D eigenvalue weighted by atomic mass is 32.2. The van der Waals surface area contributed by atoms with Crippen LogP contribution in [0.3, 0.4) is 0 Å². The van der Waals surface area contributed by atoms with Gasteiger partial charge in [0, 0.05) is 50.2 Å². The Bertz CT molecular complexity index is 1020. The molecule has 2 aliphatic rings. The number of benzene rings is 1. The van der Waals surface area contributed by atoms with Gasteiger partial charge >= 0.3 is 6.18 Å². The van der Waals surface area contributed by atoms with E-state index in [-0.39, 0.29) is 29.8 Å². The molecule has 6 nitrogen and oxygen atoms in total. The molecule has 1 aromatic carbocycles. The smallest absolute Gasteiger partial charge is 0.347 e. The number of nitrogens with zero attached hydrogens (tertiary/aromatic N) is 2. The molecule has 0 N–H and O–H groups in total. The monoisotopic (exact) mass is 443 g/mol. The number of hydrogen-bond donors (Lipinski definition) is 0. The summed E-state index contributed by atoms with van der Waals surface area (Å²) in [5, 5.41) is 0. The van der Waals surface area contributed by atoms with Crippen LogP contribution in [0, 0.1) is 0 Å². The minimum atomic E-state index is -4.68. The summed E-state index contributed by atoms with van der Waals surface area (Å²) in [6, 6.07) is 7.92. The first-order valence-corrected chi connectivity index (χ1v) is 11.0. The third kappa shape index (κ3) is 4.09. The molecule has 162 valence electrons. The number of halogens is 3. The maximum atomic E-state index is 13.5. The number of aromatic nitrogens is 1. The fourth-order valence-corrected chi connectivity index (χ4v) is 5.31. The number of ether oxygens (including phenoxy) is 2. The fourth-order valence-electron chi connectivity index (χ4n) is 3.80. The molecule has 2 aromatic rings. The van der Waals surface area contributed by atoms with Crippen LogP contribution in [0.15, 0.2) is 53.7 Å². The molecule has 0 bridgehead atoms. The van der Waals surface area contributed by atoms with Crippen molar-refractivity contribution in [1.82, 2.24) is 4.31 Å². The lowest BCUT2D eigenvalue weighted by Crippen LogP contribution is -2.47. The van der Waals surface area contributed by atoms with Gasteiger partial charge in [-0.3, -0.25) is 0 Å². The Hall–Kier alpha value is -2.01. The minimum Gasteiger partial charge on any atom is -0.347 e. The summed E-state index contributed by atoms with van der Waals surface area (Å²) < 4.78 is 81.0. The van der Waals surface area contributed by atoms with E-state index in [0.717, 1.165) is 6.07 Å². The highest BCUT2D eigenvalue weighted by Gasteiger charge is 2.45. The average molecular weight is 443 g/mol.